The summed E-state index contributed by atoms with van der Waals surface area (Å²) >= 11 is 0. The Kier molecular flexibility index (Phi) is 7.69. The molecular weight excluding hydrogens is 547 g/mol. The maximum Gasteiger partial charge on any atom is 0.410 e. The first-order valence-corrected chi connectivity index (χ1v) is 15.5. The fourth-order valence-electron chi connectivity index (χ4n) is 7.42. The molecule has 9 nitrogen and oxygen atoms in total. The second kappa shape index (κ2) is 11.2. The second-order valence-corrected chi connectivity index (χ2v) is 13.4. The van der Waals surface area contributed by atoms with Gasteiger partial charge in [-0.05, 0) is 84.9 Å². The fraction of sp³-hybridized carbons (Fsp3) is 0.576. The Morgan fingerprint density at radius 3 is 2.40 bits per heavy atom. The Morgan fingerprint density at radius 1 is 1.12 bits per heavy atom. The second-order valence-electron chi connectivity index (χ2n) is 13.4. The number of aromatic nitrogens is 3. The molecule has 2 aromatic rings. The lowest BCUT2D eigenvalue weighted by Crippen LogP contribution is -2.57. The monoisotopic (exact) mass is 590 g/mol. The highest BCUT2D eigenvalue weighted by atomic mass is 19.1. The lowest BCUT2D eigenvalue weighted by atomic mass is 9.95. The first kappa shape index (κ1) is 29.5. The number of fused-ring (bicyclic) bond motifs is 4. The van der Waals surface area contributed by atoms with E-state index in [9.17, 15) is 4.79 Å². The summed E-state index contributed by atoms with van der Waals surface area (Å²) < 4.78 is 28.4. The highest BCUT2D eigenvalue weighted by Crippen LogP contribution is 2.40. The number of pyridine rings is 1. The lowest BCUT2D eigenvalue weighted by Gasteiger charge is -2.42. The molecular formula is C33H43FN6O3. The molecule has 4 fully saturated rings. The lowest BCUT2D eigenvalue weighted by molar-refractivity contribution is 0.0122. The van der Waals surface area contributed by atoms with Gasteiger partial charge in [-0.1, -0.05) is 25.3 Å². The molecule has 0 radical (unpaired) electrons. The number of anilines is 1. The van der Waals surface area contributed by atoms with Gasteiger partial charge >= 0.3 is 12.1 Å². The smallest absolute Gasteiger partial charge is 0.410 e. The van der Waals surface area contributed by atoms with Crippen molar-refractivity contribution in [2.45, 2.75) is 89.4 Å². The predicted molar refractivity (Wildman–Crippen MR) is 166 cm³/mol. The van der Waals surface area contributed by atoms with E-state index in [0.717, 1.165) is 57.2 Å². The van der Waals surface area contributed by atoms with E-state index in [-0.39, 0.29) is 40.9 Å². The summed E-state index contributed by atoms with van der Waals surface area (Å²) in [5.74, 6) is 0.0365. The number of amides is 1. The van der Waals surface area contributed by atoms with Crippen LogP contribution in [0.25, 0.3) is 16.5 Å². The molecule has 43 heavy (non-hydrogen) atoms. The van der Waals surface area contributed by atoms with Crippen molar-refractivity contribution in [2.75, 3.05) is 37.7 Å². The molecule has 1 amide bonds. The molecule has 2 unspecified atom stereocenters. The number of allylic oxidation sites excluding steroid dienone is 4. The zero-order valence-electron chi connectivity index (χ0n) is 25.9. The number of piperazine rings is 1. The van der Waals surface area contributed by atoms with Gasteiger partial charge in [-0.2, -0.15) is 9.97 Å². The van der Waals surface area contributed by atoms with E-state index in [1.807, 2.05) is 32.6 Å². The number of hydrogen-bond donors (Lipinski definition) is 0. The van der Waals surface area contributed by atoms with E-state index < -0.39 is 11.4 Å². The quantitative estimate of drug-likeness (QED) is 0.369. The summed E-state index contributed by atoms with van der Waals surface area (Å²) in [5.41, 5.74) is 1.09. The molecule has 4 saturated heterocycles. The molecule has 0 aromatic carbocycles. The van der Waals surface area contributed by atoms with Gasteiger partial charge in [-0.15, -0.1) is 0 Å². The van der Waals surface area contributed by atoms with Crippen molar-refractivity contribution in [3.05, 3.63) is 48.6 Å². The van der Waals surface area contributed by atoms with Gasteiger partial charge in [0.1, 0.15) is 29.2 Å². The minimum Gasteiger partial charge on any atom is -0.461 e. The van der Waals surface area contributed by atoms with Crippen molar-refractivity contribution >= 4 is 28.4 Å². The van der Waals surface area contributed by atoms with Crippen LogP contribution in [0, 0.1) is 5.82 Å². The number of carbonyl (C=O) groups is 1. The summed E-state index contributed by atoms with van der Waals surface area (Å²) in [6.07, 6.45) is 10.8. The van der Waals surface area contributed by atoms with Crippen molar-refractivity contribution in [1.29, 1.82) is 0 Å². The van der Waals surface area contributed by atoms with E-state index in [1.54, 1.807) is 18.3 Å². The van der Waals surface area contributed by atoms with E-state index in [2.05, 4.69) is 32.9 Å². The van der Waals surface area contributed by atoms with E-state index in [0.29, 0.717) is 36.5 Å². The van der Waals surface area contributed by atoms with Crippen molar-refractivity contribution in [2.24, 2.45) is 0 Å². The van der Waals surface area contributed by atoms with Crippen LogP contribution in [-0.2, 0) is 4.74 Å². The highest BCUT2D eigenvalue weighted by molar-refractivity contribution is 5.92. The fourth-order valence-corrected chi connectivity index (χ4v) is 7.42. The molecule has 2 atom stereocenters. The third-order valence-electron chi connectivity index (χ3n) is 9.50. The number of nitrogens with zero attached hydrogens (tertiary/aromatic N) is 6. The SMILES string of the molecule is C=C/C(C)=C(\C=C)c1ncc2c(N3CC4CCC(C3)N4C(=O)OC(C)(C)C)nc(OCC34CCCN3CCC4)nc2c1F. The normalized spacial score (nSPS) is 23.7. The van der Waals surface area contributed by atoms with E-state index in [4.69, 9.17) is 14.5 Å². The summed E-state index contributed by atoms with van der Waals surface area (Å²) in [5, 5.41) is 0.514. The Hall–Kier alpha value is -3.53. The van der Waals surface area contributed by atoms with Crippen molar-refractivity contribution < 1.29 is 18.7 Å². The van der Waals surface area contributed by atoms with Crippen molar-refractivity contribution in [3.8, 4) is 6.01 Å². The van der Waals surface area contributed by atoms with Gasteiger partial charge in [0.15, 0.2) is 5.82 Å². The average molecular weight is 591 g/mol. The third kappa shape index (κ3) is 5.39. The van der Waals surface area contributed by atoms with Gasteiger partial charge in [-0.25, -0.2) is 9.18 Å². The minimum absolute atomic E-state index is 0.00159. The number of halogens is 1. The third-order valence-corrected chi connectivity index (χ3v) is 9.50. The van der Waals surface area contributed by atoms with Crippen LogP contribution in [0.3, 0.4) is 0 Å². The van der Waals surface area contributed by atoms with Crippen LogP contribution < -0.4 is 9.64 Å². The van der Waals surface area contributed by atoms with Crippen LogP contribution in [0.5, 0.6) is 6.01 Å². The summed E-state index contributed by atoms with van der Waals surface area (Å²) in [6.45, 7) is 19.0. The zero-order valence-corrected chi connectivity index (χ0v) is 25.9. The van der Waals surface area contributed by atoms with Gasteiger partial charge in [0.2, 0.25) is 0 Å². The van der Waals surface area contributed by atoms with Gasteiger partial charge in [-0.3, -0.25) is 14.8 Å². The molecule has 10 heteroatoms. The first-order valence-electron chi connectivity index (χ1n) is 15.5. The number of rotatable bonds is 7. The molecule has 0 N–H and O–H groups in total. The Balaban J connectivity index is 1.38. The Morgan fingerprint density at radius 2 is 1.79 bits per heavy atom. The van der Waals surface area contributed by atoms with Crippen LogP contribution >= 0.6 is 0 Å². The van der Waals surface area contributed by atoms with Crippen molar-refractivity contribution in [1.82, 2.24) is 24.8 Å². The molecule has 230 valence electrons. The molecule has 0 saturated carbocycles. The van der Waals surface area contributed by atoms with Crippen LogP contribution in [0.2, 0.25) is 0 Å². The number of ether oxygens (including phenoxy) is 2. The Labute approximate surface area is 253 Å². The maximum absolute atomic E-state index is 16.4. The van der Waals surface area contributed by atoms with Crippen LogP contribution in [0.15, 0.2) is 37.1 Å². The van der Waals surface area contributed by atoms with E-state index >= 15 is 4.39 Å². The standard InChI is InChI=1S/C33H43FN6O3/c1-7-21(3)24(8-2)27-26(34)28-25(17-35-27)29(37-30(36-28)42-20-33-13-9-15-39(33)16-10-14-33)38-18-22-11-12-23(19-38)40(22)31(41)43-32(4,5)6/h7-8,17,22-23H,1-2,9-16,18-20H2,3-6H3/b24-21+. The van der Waals surface area contributed by atoms with Gasteiger partial charge in [0, 0.05) is 24.9 Å². The molecule has 6 rings (SSSR count). The van der Waals surface area contributed by atoms with Crippen LogP contribution in [-0.4, -0.2) is 86.9 Å². The summed E-state index contributed by atoms with van der Waals surface area (Å²) in [4.78, 5) is 33.7. The summed E-state index contributed by atoms with van der Waals surface area (Å²) in [6, 6.07) is 0.100. The zero-order chi connectivity index (χ0) is 30.5. The highest BCUT2D eigenvalue weighted by Gasteiger charge is 2.46. The maximum atomic E-state index is 16.4. The molecule has 0 aliphatic carbocycles. The number of carbonyl (C=O) groups excluding carboxylic acids is 1. The average Bonchev–Trinajstić information content (AvgIpc) is 3.63. The van der Waals surface area contributed by atoms with Gasteiger partial charge in [0.05, 0.1) is 23.0 Å². The minimum atomic E-state index is -0.569. The molecule has 6 heterocycles. The molecule has 0 spiro atoms. The van der Waals surface area contributed by atoms with Gasteiger partial charge < -0.3 is 14.4 Å². The molecule has 2 bridgehead atoms. The molecule has 4 aliphatic heterocycles. The first-order chi connectivity index (χ1) is 20.5. The topological polar surface area (TPSA) is 83.9 Å². The number of hydrogen-bond acceptors (Lipinski definition) is 8. The van der Waals surface area contributed by atoms with Crippen LogP contribution in [0.1, 0.15) is 71.9 Å². The van der Waals surface area contributed by atoms with E-state index in [1.165, 1.54) is 0 Å². The van der Waals surface area contributed by atoms with Crippen molar-refractivity contribution in [3.63, 3.8) is 0 Å². The van der Waals surface area contributed by atoms with Crippen LogP contribution in [0.4, 0.5) is 15.0 Å². The predicted octanol–water partition coefficient (Wildman–Crippen LogP) is 5.90. The Bertz CT molecular complexity index is 1460. The molecule has 2 aromatic heterocycles. The largest absolute Gasteiger partial charge is 0.461 e. The summed E-state index contributed by atoms with van der Waals surface area (Å²) in [7, 11) is 0. The van der Waals surface area contributed by atoms with Gasteiger partial charge in [0.25, 0.3) is 0 Å². The molecule has 4 aliphatic rings.